The molecule has 3 aromatic carbocycles. The molecule has 0 amide bonds. The van der Waals surface area contributed by atoms with E-state index in [0.717, 1.165) is 46.3 Å². The highest BCUT2D eigenvalue weighted by Crippen LogP contribution is 2.45. The molecule has 156 valence electrons. The topological polar surface area (TPSA) is 60.7 Å². The Bertz CT molecular complexity index is 1340. The highest BCUT2D eigenvalue weighted by molar-refractivity contribution is 6.21. The number of phenols is 1. The molecular formula is C26H23NO4. The minimum atomic E-state index is -0.0646. The summed E-state index contributed by atoms with van der Waals surface area (Å²) in [5, 5.41) is 11.2. The number of hydrogen-bond donors (Lipinski definition) is 1. The fraction of sp³-hybridized carbons (Fsp3) is 0.192. The van der Waals surface area contributed by atoms with Crippen LogP contribution in [0, 0.1) is 6.92 Å². The number of nitrogens with zero attached hydrogens (tertiary/aromatic N) is 1. The van der Waals surface area contributed by atoms with Crippen molar-refractivity contribution in [1.29, 1.82) is 0 Å². The molecule has 0 spiro atoms. The van der Waals surface area contributed by atoms with Crippen molar-refractivity contribution in [3.8, 4) is 28.5 Å². The predicted molar refractivity (Wildman–Crippen MR) is 120 cm³/mol. The summed E-state index contributed by atoms with van der Waals surface area (Å²) in [6.45, 7) is 2.61. The number of ketones is 1. The number of carbonyl (C=O) groups excluding carboxylic acids is 1. The smallest absolute Gasteiger partial charge is 0.195 e. The second-order valence-corrected chi connectivity index (χ2v) is 7.84. The lowest BCUT2D eigenvalue weighted by molar-refractivity contribution is 0.104. The van der Waals surface area contributed by atoms with Crippen molar-refractivity contribution < 1.29 is 19.4 Å². The molecule has 1 aliphatic rings. The number of ether oxygens (including phenoxy) is 2. The molecule has 1 aromatic heterocycles. The average molecular weight is 413 g/mol. The monoisotopic (exact) mass is 413 g/mol. The molecule has 0 radical (unpaired) electrons. The van der Waals surface area contributed by atoms with Crippen molar-refractivity contribution in [3.05, 3.63) is 76.9 Å². The zero-order chi connectivity index (χ0) is 21.7. The zero-order valence-corrected chi connectivity index (χ0v) is 17.7. The molecule has 5 rings (SSSR count). The molecule has 1 aliphatic heterocycles. The third kappa shape index (κ3) is 2.88. The Morgan fingerprint density at radius 3 is 2.42 bits per heavy atom. The van der Waals surface area contributed by atoms with Crippen LogP contribution in [0.3, 0.4) is 0 Å². The Morgan fingerprint density at radius 1 is 1.00 bits per heavy atom. The summed E-state index contributed by atoms with van der Waals surface area (Å²) >= 11 is 0. The third-order valence-corrected chi connectivity index (χ3v) is 6.11. The number of fused-ring (bicyclic) bond motifs is 5. The highest BCUT2D eigenvalue weighted by atomic mass is 16.5. The standard InChI is InChI=1S/C26H23NO4/c1-15-11-20-19(13-21(15)28)24(26(29)16-7-5-4-6-8-16)25-18-14-23(31-3)22(30-2)12-17(18)9-10-27(20)25/h4-8,11-14,28H,9-10H2,1-3H3. The van der Waals surface area contributed by atoms with Crippen molar-refractivity contribution >= 4 is 16.7 Å². The van der Waals surface area contributed by atoms with Crippen LogP contribution in [0.15, 0.2) is 54.6 Å². The van der Waals surface area contributed by atoms with Crippen molar-refractivity contribution in [2.24, 2.45) is 0 Å². The first-order chi connectivity index (χ1) is 15.0. The van der Waals surface area contributed by atoms with E-state index in [0.29, 0.717) is 22.6 Å². The van der Waals surface area contributed by atoms with E-state index in [2.05, 4.69) is 4.57 Å². The van der Waals surface area contributed by atoms with Crippen LogP contribution in [0.25, 0.3) is 22.2 Å². The lowest BCUT2D eigenvalue weighted by Crippen LogP contribution is -2.13. The molecule has 1 N–H and O–H groups in total. The Labute approximate surface area is 180 Å². The Balaban J connectivity index is 1.87. The molecule has 0 aliphatic carbocycles. The van der Waals surface area contributed by atoms with E-state index in [9.17, 15) is 9.90 Å². The van der Waals surface area contributed by atoms with Crippen LogP contribution in [-0.4, -0.2) is 29.7 Å². The number of carbonyl (C=O) groups is 1. The summed E-state index contributed by atoms with van der Waals surface area (Å²) in [5.74, 6) is 1.42. The van der Waals surface area contributed by atoms with Crippen LogP contribution < -0.4 is 9.47 Å². The SMILES string of the molecule is COc1cc2c(cc1OC)-c1c(C(=O)c3ccccc3)c3cc(O)c(C)cc3n1CC2. The van der Waals surface area contributed by atoms with Crippen LogP contribution >= 0.6 is 0 Å². The van der Waals surface area contributed by atoms with Gasteiger partial charge in [-0.25, -0.2) is 0 Å². The van der Waals surface area contributed by atoms with Gasteiger partial charge in [0.1, 0.15) is 5.75 Å². The van der Waals surface area contributed by atoms with Gasteiger partial charge >= 0.3 is 0 Å². The lowest BCUT2D eigenvalue weighted by Gasteiger charge is -2.23. The molecular weight excluding hydrogens is 390 g/mol. The number of methoxy groups -OCH3 is 2. The van der Waals surface area contributed by atoms with Crippen LogP contribution in [0.5, 0.6) is 17.2 Å². The van der Waals surface area contributed by atoms with Gasteiger partial charge in [-0.3, -0.25) is 4.79 Å². The number of aryl methyl sites for hydroxylation is 3. The number of rotatable bonds is 4. The first-order valence-electron chi connectivity index (χ1n) is 10.2. The molecule has 31 heavy (non-hydrogen) atoms. The minimum absolute atomic E-state index is 0.0646. The van der Waals surface area contributed by atoms with Crippen LogP contribution in [0.1, 0.15) is 27.0 Å². The van der Waals surface area contributed by atoms with Crippen LogP contribution in [-0.2, 0) is 13.0 Å². The second kappa shape index (κ2) is 7.20. The molecule has 5 heteroatoms. The molecule has 0 bridgehead atoms. The summed E-state index contributed by atoms with van der Waals surface area (Å²) in [5.41, 5.74) is 5.87. The zero-order valence-electron chi connectivity index (χ0n) is 17.7. The Hall–Kier alpha value is -3.73. The van der Waals surface area contributed by atoms with Gasteiger partial charge in [-0.05, 0) is 48.7 Å². The fourth-order valence-electron chi connectivity index (χ4n) is 4.54. The van der Waals surface area contributed by atoms with Gasteiger partial charge in [0.25, 0.3) is 0 Å². The summed E-state index contributed by atoms with van der Waals surface area (Å²) in [4.78, 5) is 13.7. The van der Waals surface area contributed by atoms with E-state index < -0.39 is 0 Å². The van der Waals surface area contributed by atoms with E-state index in [1.165, 1.54) is 0 Å². The first-order valence-corrected chi connectivity index (χ1v) is 10.2. The van der Waals surface area contributed by atoms with Crippen molar-refractivity contribution in [3.63, 3.8) is 0 Å². The first kappa shape index (κ1) is 19.2. The van der Waals surface area contributed by atoms with E-state index in [1.807, 2.05) is 55.5 Å². The minimum Gasteiger partial charge on any atom is -0.508 e. The summed E-state index contributed by atoms with van der Waals surface area (Å²) in [7, 11) is 3.24. The molecule has 0 fully saturated rings. The van der Waals surface area contributed by atoms with E-state index >= 15 is 0 Å². The number of hydrogen-bond acceptors (Lipinski definition) is 4. The van der Waals surface area contributed by atoms with Crippen molar-refractivity contribution in [2.75, 3.05) is 14.2 Å². The van der Waals surface area contributed by atoms with E-state index in [4.69, 9.17) is 9.47 Å². The molecule has 4 aromatic rings. The van der Waals surface area contributed by atoms with Gasteiger partial charge in [0.05, 0.1) is 25.5 Å². The average Bonchev–Trinajstić information content (AvgIpc) is 3.11. The number of phenolic OH excluding ortho intramolecular Hbond substituents is 1. The predicted octanol–water partition coefficient (Wildman–Crippen LogP) is 5.13. The normalized spacial score (nSPS) is 12.4. The van der Waals surface area contributed by atoms with Gasteiger partial charge in [-0.1, -0.05) is 30.3 Å². The largest absolute Gasteiger partial charge is 0.508 e. The molecule has 0 unspecified atom stereocenters. The van der Waals surface area contributed by atoms with Gasteiger partial charge in [0.15, 0.2) is 17.3 Å². The maximum absolute atomic E-state index is 13.7. The van der Waals surface area contributed by atoms with Gasteiger partial charge in [-0.15, -0.1) is 0 Å². The highest BCUT2D eigenvalue weighted by Gasteiger charge is 2.30. The summed E-state index contributed by atoms with van der Waals surface area (Å²) in [6.07, 6.45) is 0.811. The van der Waals surface area contributed by atoms with Crippen molar-refractivity contribution in [2.45, 2.75) is 19.9 Å². The fourth-order valence-corrected chi connectivity index (χ4v) is 4.54. The quantitative estimate of drug-likeness (QED) is 0.472. The van der Waals surface area contributed by atoms with Crippen LogP contribution in [0.2, 0.25) is 0 Å². The maximum Gasteiger partial charge on any atom is 0.195 e. The summed E-state index contributed by atoms with van der Waals surface area (Å²) in [6, 6.07) is 16.9. The van der Waals surface area contributed by atoms with Gasteiger partial charge in [0.2, 0.25) is 0 Å². The van der Waals surface area contributed by atoms with E-state index in [1.54, 1.807) is 20.3 Å². The van der Waals surface area contributed by atoms with E-state index in [-0.39, 0.29) is 11.5 Å². The Morgan fingerprint density at radius 2 is 1.71 bits per heavy atom. The second-order valence-electron chi connectivity index (χ2n) is 7.84. The molecule has 0 atom stereocenters. The van der Waals surface area contributed by atoms with Crippen molar-refractivity contribution in [1.82, 2.24) is 4.57 Å². The number of aromatic nitrogens is 1. The summed E-state index contributed by atoms with van der Waals surface area (Å²) < 4.78 is 13.2. The van der Waals surface area contributed by atoms with Gasteiger partial charge < -0.3 is 19.1 Å². The lowest BCUT2D eigenvalue weighted by atomic mass is 9.92. The third-order valence-electron chi connectivity index (χ3n) is 6.11. The Kier molecular flexibility index (Phi) is 4.47. The molecule has 0 saturated heterocycles. The number of aromatic hydroxyl groups is 1. The molecule has 5 nitrogen and oxygen atoms in total. The maximum atomic E-state index is 13.7. The van der Waals surface area contributed by atoms with Gasteiger partial charge in [0, 0.05) is 28.6 Å². The van der Waals surface area contributed by atoms with Crippen LogP contribution in [0.4, 0.5) is 0 Å². The molecule has 0 saturated carbocycles. The molecule has 2 heterocycles. The van der Waals surface area contributed by atoms with Gasteiger partial charge in [-0.2, -0.15) is 0 Å². The number of benzene rings is 3.